The van der Waals surface area contributed by atoms with E-state index in [4.69, 9.17) is 0 Å². The van der Waals surface area contributed by atoms with Crippen molar-refractivity contribution in [3.8, 4) is 0 Å². The van der Waals surface area contributed by atoms with Gasteiger partial charge in [-0.05, 0) is 37.6 Å². The van der Waals surface area contributed by atoms with Gasteiger partial charge >= 0.3 is 0 Å². The molecule has 8 heteroatoms. The third kappa shape index (κ3) is 4.38. The van der Waals surface area contributed by atoms with Crippen molar-refractivity contribution in [2.24, 2.45) is 17.8 Å². The zero-order valence-electron chi connectivity index (χ0n) is 16.9. The average molecular weight is 415 g/mol. The molecule has 3 saturated heterocycles. The van der Waals surface area contributed by atoms with E-state index in [9.17, 15) is 4.79 Å². The molecule has 4 fully saturated rings. The van der Waals surface area contributed by atoms with Crippen LogP contribution >= 0.6 is 11.3 Å². The Kier molecular flexibility index (Phi) is 5.63. The van der Waals surface area contributed by atoms with Gasteiger partial charge in [0.1, 0.15) is 0 Å². The first-order chi connectivity index (χ1) is 14.2. The zero-order chi connectivity index (χ0) is 19.6. The molecule has 0 aromatic carbocycles. The lowest BCUT2D eigenvalue weighted by Gasteiger charge is -2.49. The Labute approximate surface area is 175 Å². The monoisotopic (exact) mass is 414 g/mol. The molecule has 2 aromatic heterocycles. The number of carbonyl (C=O) groups is 1. The van der Waals surface area contributed by atoms with Crippen LogP contribution in [-0.4, -0.2) is 49.9 Å². The molecular formula is C21H30N6OS. The molecule has 156 valence electrons. The summed E-state index contributed by atoms with van der Waals surface area (Å²) in [5.74, 6) is 1.45. The first-order valence-corrected chi connectivity index (χ1v) is 12.0. The molecule has 1 saturated carbocycles. The van der Waals surface area contributed by atoms with Gasteiger partial charge in [0, 0.05) is 30.4 Å². The fourth-order valence-electron chi connectivity index (χ4n) is 5.53. The molecule has 1 unspecified atom stereocenters. The number of nitrogens with one attached hydrogen (secondary N) is 1. The van der Waals surface area contributed by atoms with E-state index in [1.54, 1.807) is 6.20 Å². The molecule has 6 rings (SSSR count). The van der Waals surface area contributed by atoms with Crippen LogP contribution < -0.4 is 5.32 Å². The molecule has 3 aliphatic heterocycles. The Bertz CT molecular complexity index is 815. The van der Waals surface area contributed by atoms with Crippen molar-refractivity contribution in [2.75, 3.05) is 18.4 Å². The summed E-state index contributed by atoms with van der Waals surface area (Å²) in [4.78, 5) is 19.4. The first-order valence-electron chi connectivity index (χ1n) is 11.1. The van der Waals surface area contributed by atoms with Gasteiger partial charge in [-0.15, -0.1) is 16.4 Å². The van der Waals surface area contributed by atoms with Crippen LogP contribution in [0.25, 0.3) is 0 Å². The number of carbonyl (C=O) groups excluding carboxylic acids is 1. The second kappa shape index (κ2) is 8.52. The van der Waals surface area contributed by atoms with Gasteiger partial charge in [-0.25, -0.2) is 4.98 Å². The summed E-state index contributed by atoms with van der Waals surface area (Å²) < 4.78 is 2.04. The topological polar surface area (TPSA) is 75.9 Å². The molecule has 4 atom stereocenters. The zero-order valence-corrected chi connectivity index (χ0v) is 17.7. The van der Waals surface area contributed by atoms with Crippen molar-refractivity contribution in [3.05, 3.63) is 23.5 Å². The van der Waals surface area contributed by atoms with Crippen LogP contribution in [-0.2, 0) is 17.8 Å². The van der Waals surface area contributed by atoms with E-state index in [1.165, 1.54) is 43.4 Å². The third-order valence-corrected chi connectivity index (χ3v) is 7.77. The first kappa shape index (κ1) is 19.2. The summed E-state index contributed by atoms with van der Waals surface area (Å²) in [6.07, 6.45) is 14.0. The predicted molar refractivity (Wildman–Crippen MR) is 113 cm³/mol. The predicted octanol–water partition coefficient (Wildman–Crippen LogP) is 3.21. The lowest BCUT2D eigenvalue weighted by Crippen LogP contribution is -2.57. The number of fused-ring (bicyclic) bond motifs is 3. The highest BCUT2D eigenvalue weighted by molar-refractivity contribution is 7.13. The number of hydrogen-bond donors (Lipinski definition) is 1. The Morgan fingerprint density at radius 3 is 2.90 bits per heavy atom. The molecule has 1 N–H and O–H groups in total. The molecule has 0 spiro atoms. The van der Waals surface area contributed by atoms with Gasteiger partial charge < -0.3 is 5.32 Å². The van der Waals surface area contributed by atoms with Crippen molar-refractivity contribution < 1.29 is 4.79 Å². The van der Waals surface area contributed by atoms with Gasteiger partial charge in [0.05, 0.1) is 18.2 Å². The van der Waals surface area contributed by atoms with Crippen LogP contribution in [0.3, 0.4) is 0 Å². The van der Waals surface area contributed by atoms with E-state index in [2.05, 4.69) is 31.7 Å². The van der Waals surface area contributed by atoms with E-state index in [0.717, 1.165) is 50.5 Å². The van der Waals surface area contributed by atoms with E-state index in [-0.39, 0.29) is 11.8 Å². The van der Waals surface area contributed by atoms with Gasteiger partial charge in [-0.3, -0.25) is 14.4 Å². The lowest BCUT2D eigenvalue weighted by molar-refractivity contribution is -0.127. The van der Waals surface area contributed by atoms with Gasteiger partial charge in [0.25, 0.3) is 0 Å². The highest BCUT2D eigenvalue weighted by Crippen LogP contribution is 2.37. The number of piperidine rings is 3. The molecule has 1 aliphatic carbocycles. The molecular weight excluding hydrogens is 384 g/mol. The quantitative estimate of drug-likeness (QED) is 0.786. The minimum Gasteiger partial charge on any atom is -0.302 e. The SMILES string of the molecule is O=C(Nc1nccs1)[C@H]1CN2CC[C@@H]1C[C@@H]2Cn1cc(CC2CCCCC2)nn1. The molecule has 2 aromatic rings. The largest absolute Gasteiger partial charge is 0.302 e. The molecule has 2 bridgehead atoms. The molecule has 1 amide bonds. The normalized spacial score (nSPS) is 29.8. The standard InChI is InChI=1S/C21H30N6OS/c28-20(23-21-22-7-9-29-21)19-14-26-8-6-16(19)11-18(26)13-27-12-17(24-25-27)10-15-4-2-1-3-5-15/h7,9,12,15-16,18-19H,1-6,8,10-11,13-14H2,(H,22,23,28)/t16-,18-,19+/m1/s1. The highest BCUT2D eigenvalue weighted by atomic mass is 32.1. The number of thiazole rings is 1. The minimum absolute atomic E-state index is 0.0708. The van der Waals surface area contributed by atoms with Crippen molar-refractivity contribution in [1.29, 1.82) is 0 Å². The molecule has 5 heterocycles. The average Bonchev–Trinajstić information content (AvgIpc) is 3.41. The van der Waals surface area contributed by atoms with E-state index in [0.29, 0.717) is 17.1 Å². The van der Waals surface area contributed by atoms with Gasteiger partial charge in [0.15, 0.2) is 5.13 Å². The van der Waals surface area contributed by atoms with Crippen LogP contribution in [0.15, 0.2) is 17.8 Å². The summed E-state index contributed by atoms with van der Waals surface area (Å²) >= 11 is 1.48. The van der Waals surface area contributed by atoms with Crippen LogP contribution in [0, 0.1) is 17.8 Å². The summed E-state index contributed by atoms with van der Waals surface area (Å²) in [6.45, 7) is 2.81. The molecule has 0 radical (unpaired) electrons. The maximum Gasteiger partial charge on any atom is 0.230 e. The summed E-state index contributed by atoms with van der Waals surface area (Å²) in [6, 6.07) is 0.460. The minimum atomic E-state index is 0.0708. The smallest absolute Gasteiger partial charge is 0.230 e. The molecule has 29 heavy (non-hydrogen) atoms. The van der Waals surface area contributed by atoms with Crippen molar-refractivity contribution in [3.63, 3.8) is 0 Å². The third-order valence-electron chi connectivity index (χ3n) is 7.08. The molecule has 4 aliphatic rings. The Hall–Kier alpha value is -1.80. The van der Waals surface area contributed by atoms with Gasteiger partial charge in [-0.1, -0.05) is 37.3 Å². The number of nitrogens with zero attached hydrogens (tertiary/aromatic N) is 5. The highest BCUT2D eigenvalue weighted by Gasteiger charge is 2.43. The number of hydrogen-bond acceptors (Lipinski definition) is 6. The Morgan fingerprint density at radius 2 is 2.14 bits per heavy atom. The fourth-order valence-corrected chi connectivity index (χ4v) is 6.06. The van der Waals surface area contributed by atoms with Gasteiger partial charge in [0.2, 0.25) is 5.91 Å². The second-order valence-electron chi connectivity index (χ2n) is 9.01. The number of rotatable bonds is 6. The Morgan fingerprint density at radius 1 is 1.24 bits per heavy atom. The second-order valence-corrected chi connectivity index (χ2v) is 9.90. The van der Waals surface area contributed by atoms with E-state index < -0.39 is 0 Å². The van der Waals surface area contributed by atoms with Crippen molar-refractivity contribution in [2.45, 2.75) is 64.0 Å². The van der Waals surface area contributed by atoms with Crippen LogP contribution in [0.4, 0.5) is 5.13 Å². The number of amides is 1. The maximum atomic E-state index is 12.7. The fraction of sp³-hybridized carbons (Fsp3) is 0.714. The van der Waals surface area contributed by atoms with Crippen LogP contribution in [0.1, 0.15) is 50.6 Å². The summed E-state index contributed by atoms with van der Waals surface area (Å²) in [7, 11) is 0. The summed E-state index contributed by atoms with van der Waals surface area (Å²) in [5, 5.41) is 14.5. The van der Waals surface area contributed by atoms with Crippen LogP contribution in [0.2, 0.25) is 0 Å². The number of aromatic nitrogens is 4. The summed E-state index contributed by atoms with van der Waals surface area (Å²) in [5.41, 5.74) is 1.15. The number of anilines is 1. The maximum absolute atomic E-state index is 12.7. The van der Waals surface area contributed by atoms with E-state index in [1.807, 2.05) is 10.1 Å². The van der Waals surface area contributed by atoms with Crippen molar-refractivity contribution in [1.82, 2.24) is 24.9 Å². The van der Waals surface area contributed by atoms with Gasteiger partial charge in [-0.2, -0.15) is 0 Å². The Balaban J connectivity index is 1.16. The molecule has 7 nitrogen and oxygen atoms in total. The lowest BCUT2D eigenvalue weighted by atomic mass is 9.75. The van der Waals surface area contributed by atoms with E-state index >= 15 is 0 Å². The van der Waals surface area contributed by atoms with Crippen LogP contribution in [0.5, 0.6) is 0 Å². The van der Waals surface area contributed by atoms with Crippen molar-refractivity contribution >= 4 is 22.4 Å².